The third kappa shape index (κ3) is 6.03. The molecule has 0 saturated heterocycles. The smallest absolute Gasteiger partial charge is 0.345 e. The van der Waals surface area contributed by atoms with Gasteiger partial charge in [-0.2, -0.15) is 13.2 Å². The van der Waals surface area contributed by atoms with Gasteiger partial charge < -0.3 is 16.4 Å². The topological polar surface area (TPSA) is 67.2 Å². The Hall–Kier alpha value is -1.60. The Bertz CT molecular complexity index is 409. The number of hydrogen-bond acceptors (Lipinski definition) is 3. The van der Waals surface area contributed by atoms with E-state index < -0.39 is 18.1 Å². The van der Waals surface area contributed by atoms with Gasteiger partial charge in [0, 0.05) is 12.7 Å². The normalized spacial score (nSPS) is 13.0. The van der Waals surface area contributed by atoms with Crippen LogP contribution < -0.4 is 16.4 Å². The van der Waals surface area contributed by atoms with Gasteiger partial charge in [0.25, 0.3) is 0 Å². The number of benzene rings is 1. The molecule has 0 aliphatic carbocycles. The minimum atomic E-state index is -4.86. The Balaban J connectivity index is 2.62. The number of nitrogens with one attached hydrogen (secondary N) is 2. The van der Waals surface area contributed by atoms with Crippen molar-refractivity contribution < 1.29 is 18.0 Å². The molecule has 1 aromatic carbocycles. The number of amides is 1. The van der Waals surface area contributed by atoms with Crippen molar-refractivity contribution in [3.05, 3.63) is 35.9 Å². The maximum absolute atomic E-state index is 12.3. The molecule has 1 amide bonds. The molecule has 20 heavy (non-hydrogen) atoms. The zero-order valence-electron chi connectivity index (χ0n) is 10.9. The molecule has 4 nitrogen and oxygen atoms in total. The molecule has 0 spiro atoms. The average Bonchev–Trinajstić information content (AvgIpc) is 2.39. The summed E-state index contributed by atoms with van der Waals surface area (Å²) in [4.78, 5) is 11.0. The number of carbonyl (C=O) groups excluding carboxylic acids is 1. The fraction of sp³-hybridized carbons (Fsp3) is 0.462. The number of alkyl halides is 3. The fourth-order valence-corrected chi connectivity index (χ4v) is 1.77. The van der Waals surface area contributed by atoms with Gasteiger partial charge in [0.05, 0.1) is 0 Å². The molecular weight excluding hydrogens is 271 g/mol. The minimum Gasteiger partial charge on any atom is -0.345 e. The highest BCUT2D eigenvalue weighted by molar-refractivity contribution is 5.81. The number of hydrogen-bond donors (Lipinski definition) is 3. The van der Waals surface area contributed by atoms with Gasteiger partial charge in [-0.1, -0.05) is 30.3 Å². The highest BCUT2D eigenvalue weighted by Gasteiger charge is 2.39. The maximum atomic E-state index is 12.3. The minimum absolute atomic E-state index is 0.241. The summed E-state index contributed by atoms with van der Waals surface area (Å²) >= 11 is 0. The van der Waals surface area contributed by atoms with Gasteiger partial charge in [-0.15, -0.1) is 0 Å². The van der Waals surface area contributed by atoms with E-state index in [0.717, 1.165) is 5.56 Å². The summed E-state index contributed by atoms with van der Waals surface area (Å²) in [6.45, 7) is 0.678. The first-order valence-electron chi connectivity index (χ1n) is 6.26. The summed E-state index contributed by atoms with van der Waals surface area (Å²) in [5.74, 6) is -1.91. The van der Waals surface area contributed by atoms with Crippen LogP contribution in [0.4, 0.5) is 13.2 Å². The van der Waals surface area contributed by atoms with Crippen LogP contribution in [0.3, 0.4) is 0 Å². The Morgan fingerprint density at radius 2 is 1.90 bits per heavy atom. The van der Waals surface area contributed by atoms with Crippen LogP contribution in [0.5, 0.6) is 0 Å². The zero-order chi connectivity index (χ0) is 15.0. The first-order chi connectivity index (χ1) is 9.43. The highest BCUT2D eigenvalue weighted by Crippen LogP contribution is 2.15. The summed E-state index contributed by atoms with van der Waals surface area (Å²) in [5, 5.41) is 4.84. The van der Waals surface area contributed by atoms with E-state index in [1.165, 1.54) is 0 Å². The molecule has 4 N–H and O–H groups in total. The van der Waals surface area contributed by atoms with Crippen LogP contribution in [-0.2, 0) is 11.2 Å². The SMILES string of the molecule is NCNCC[C@H](Cc1ccccc1)NC(=O)C(F)(F)F. The molecule has 0 heterocycles. The van der Waals surface area contributed by atoms with E-state index in [4.69, 9.17) is 5.73 Å². The molecule has 1 rings (SSSR count). The van der Waals surface area contributed by atoms with E-state index in [-0.39, 0.29) is 6.67 Å². The van der Waals surface area contributed by atoms with E-state index in [1.54, 1.807) is 12.1 Å². The number of rotatable bonds is 7. The van der Waals surface area contributed by atoms with Gasteiger partial charge in [-0.3, -0.25) is 4.79 Å². The first kappa shape index (κ1) is 16.5. The lowest BCUT2D eigenvalue weighted by Gasteiger charge is -2.20. The van der Waals surface area contributed by atoms with Gasteiger partial charge in [0.2, 0.25) is 0 Å². The standard InChI is InChI=1S/C13H18F3N3O/c14-13(15,16)12(20)19-11(6-7-18-9-17)8-10-4-2-1-3-5-10/h1-5,11,18H,6-9,17H2,(H,19,20)/t11-/m1/s1. The van der Waals surface area contributed by atoms with Gasteiger partial charge >= 0.3 is 12.1 Å². The van der Waals surface area contributed by atoms with Crippen molar-refractivity contribution in [3.8, 4) is 0 Å². The molecule has 112 valence electrons. The van der Waals surface area contributed by atoms with Gasteiger partial charge in [0.15, 0.2) is 0 Å². The van der Waals surface area contributed by atoms with Crippen LogP contribution >= 0.6 is 0 Å². The largest absolute Gasteiger partial charge is 0.471 e. The third-order valence-electron chi connectivity index (χ3n) is 2.73. The molecule has 0 aromatic heterocycles. The molecule has 0 bridgehead atoms. The molecule has 1 atom stereocenters. The van der Waals surface area contributed by atoms with Crippen LogP contribution in [0.2, 0.25) is 0 Å². The Kier molecular flexibility index (Phi) is 6.47. The lowest BCUT2D eigenvalue weighted by Crippen LogP contribution is -2.45. The van der Waals surface area contributed by atoms with Crippen molar-refractivity contribution in [3.63, 3.8) is 0 Å². The number of nitrogens with two attached hydrogens (primary N) is 1. The van der Waals surface area contributed by atoms with E-state index in [1.807, 2.05) is 23.5 Å². The summed E-state index contributed by atoms with van der Waals surface area (Å²) < 4.78 is 36.9. The molecule has 0 aliphatic rings. The molecule has 0 fully saturated rings. The molecule has 0 unspecified atom stereocenters. The lowest BCUT2D eigenvalue weighted by atomic mass is 10.0. The zero-order valence-corrected chi connectivity index (χ0v) is 10.9. The van der Waals surface area contributed by atoms with Gasteiger partial charge in [0.1, 0.15) is 0 Å². The Morgan fingerprint density at radius 1 is 1.25 bits per heavy atom. The highest BCUT2D eigenvalue weighted by atomic mass is 19.4. The van der Waals surface area contributed by atoms with Crippen molar-refractivity contribution in [2.45, 2.75) is 25.1 Å². The van der Waals surface area contributed by atoms with E-state index >= 15 is 0 Å². The Labute approximate surface area is 115 Å². The van der Waals surface area contributed by atoms with Gasteiger partial charge in [-0.25, -0.2) is 0 Å². The van der Waals surface area contributed by atoms with E-state index in [0.29, 0.717) is 19.4 Å². The number of halogens is 3. The van der Waals surface area contributed by atoms with Crippen LogP contribution in [0, 0.1) is 0 Å². The van der Waals surface area contributed by atoms with Crippen molar-refractivity contribution in [2.75, 3.05) is 13.2 Å². The van der Waals surface area contributed by atoms with E-state index in [2.05, 4.69) is 5.32 Å². The summed E-state index contributed by atoms with van der Waals surface area (Å²) in [6, 6.07) is 8.45. The fourth-order valence-electron chi connectivity index (χ4n) is 1.77. The second-order valence-corrected chi connectivity index (χ2v) is 4.35. The molecule has 0 aliphatic heterocycles. The second-order valence-electron chi connectivity index (χ2n) is 4.35. The Morgan fingerprint density at radius 3 is 2.45 bits per heavy atom. The number of carbonyl (C=O) groups is 1. The first-order valence-corrected chi connectivity index (χ1v) is 6.26. The quantitative estimate of drug-likeness (QED) is 0.521. The monoisotopic (exact) mass is 289 g/mol. The lowest BCUT2D eigenvalue weighted by molar-refractivity contribution is -0.174. The maximum Gasteiger partial charge on any atom is 0.471 e. The predicted molar refractivity (Wildman–Crippen MR) is 69.8 cm³/mol. The van der Waals surface area contributed by atoms with Crippen LogP contribution in [0.25, 0.3) is 0 Å². The van der Waals surface area contributed by atoms with Crippen LogP contribution in [0.15, 0.2) is 30.3 Å². The summed E-state index contributed by atoms with van der Waals surface area (Å²) in [5.41, 5.74) is 6.13. The summed E-state index contributed by atoms with van der Waals surface area (Å²) in [7, 11) is 0. The average molecular weight is 289 g/mol. The molecule has 0 saturated carbocycles. The van der Waals surface area contributed by atoms with Crippen molar-refractivity contribution >= 4 is 5.91 Å². The van der Waals surface area contributed by atoms with Crippen molar-refractivity contribution in [2.24, 2.45) is 5.73 Å². The van der Waals surface area contributed by atoms with Crippen LogP contribution in [-0.4, -0.2) is 31.3 Å². The summed E-state index contributed by atoms with van der Waals surface area (Å²) in [6.07, 6.45) is -4.15. The van der Waals surface area contributed by atoms with Crippen molar-refractivity contribution in [1.29, 1.82) is 0 Å². The molecule has 0 radical (unpaired) electrons. The third-order valence-corrected chi connectivity index (χ3v) is 2.73. The van der Waals surface area contributed by atoms with E-state index in [9.17, 15) is 18.0 Å². The molecular formula is C13H18F3N3O. The predicted octanol–water partition coefficient (Wildman–Crippen LogP) is 1.17. The molecule has 7 heteroatoms. The van der Waals surface area contributed by atoms with Crippen molar-refractivity contribution in [1.82, 2.24) is 10.6 Å². The van der Waals surface area contributed by atoms with Crippen LogP contribution in [0.1, 0.15) is 12.0 Å². The van der Waals surface area contributed by atoms with Gasteiger partial charge in [-0.05, 0) is 24.9 Å². The molecule has 1 aromatic rings. The second kappa shape index (κ2) is 7.86.